The molecule has 3 rings (SSSR count). The fourth-order valence-corrected chi connectivity index (χ4v) is 4.69. The maximum absolute atomic E-state index is 12.1. The van der Waals surface area contributed by atoms with Gasteiger partial charge in [0.2, 0.25) is 5.91 Å². The number of aliphatic imine (C=N–C) groups is 1. The molecular formula is C17H16N2O3S3. The van der Waals surface area contributed by atoms with E-state index in [1.54, 1.807) is 23.9 Å². The van der Waals surface area contributed by atoms with Crippen molar-refractivity contribution in [1.82, 2.24) is 0 Å². The predicted octanol–water partition coefficient (Wildman–Crippen LogP) is 3.70. The minimum absolute atomic E-state index is 0.153. The van der Waals surface area contributed by atoms with E-state index in [-0.39, 0.29) is 16.6 Å². The number of sulfone groups is 1. The molecule has 8 heteroatoms. The zero-order chi connectivity index (χ0) is 17.9. The van der Waals surface area contributed by atoms with Crippen LogP contribution >= 0.6 is 23.5 Å². The van der Waals surface area contributed by atoms with E-state index in [2.05, 4.69) is 16.4 Å². The molecule has 1 amide bonds. The lowest BCUT2D eigenvalue weighted by Gasteiger charge is -2.14. The molecule has 25 heavy (non-hydrogen) atoms. The van der Waals surface area contributed by atoms with E-state index in [0.717, 1.165) is 22.1 Å². The van der Waals surface area contributed by atoms with Gasteiger partial charge >= 0.3 is 0 Å². The van der Waals surface area contributed by atoms with Gasteiger partial charge in [-0.15, -0.1) is 0 Å². The molecule has 2 aromatic carbocycles. The number of carbonyl (C=O) groups is 1. The van der Waals surface area contributed by atoms with Gasteiger partial charge in [-0.1, -0.05) is 41.7 Å². The topological polar surface area (TPSA) is 75.6 Å². The van der Waals surface area contributed by atoms with Crippen LogP contribution in [0.4, 0.5) is 11.4 Å². The lowest BCUT2D eigenvalue weighted by molar-refractivity contribution is -0.113. The Hall–Kier alpha value is -1.77. The van der Waals surface area contributed by atoms with Crippen LogP contribution in [-0.4, -0.2) is 30.7 Å². The molecule has 0 fully saturated rings. The van der Waals surface area contributed by atoms with Gasteiger partial charge in [-0.05, 0) is 35.9 Å². The number of nitrogens with one attached hydrogen (secondary N) is 1. The fourth-order valence-electron chi connectivity index (χ4n) is 2.20. The maximum Gasteiger partial charge on any atom is 0.234 e. The molecule has 0 atom stereocenters. The third-order valence-electron chi connectivity index (χ3n) is 3.45. The molecule has 0 bridgehead atoms. The van der Waals surface area contributed by atoms with Crippen LogP contribution in [0.1, 0.15) is 5.56 Å². The average Bonchev–Trinajstić information content (AvgIpc) is 2.59. The third kappa shape index (κ3) is 4.87. The maximum atomic E-state index is 12.1. The Morgan fingerprint density at radius 2 is 1.92 bits per heavy atom. The number of amides is 1. The van der Waals surface area contributed by atoms with Gasteiger partial charge in [0.25, 0.3) is 0 Å². The Bertz CT molecular complexity index is 922. The van der Waals surface area contributed by atoms with Crippen molar-refractivity contribution in [2.75, 3.05) is 17.3 Å². The zero-order valence-corrected chi connectivity index (χ0v) is 15.9. The van der Waals surface area contributed by atoms with Crippen molar-refractivity contribution in [3.05, 3.63) is 54.1 Å². The molecule has 0 aliphatic carbocycles. The summed E-state index contributed by atoms with van der Waals surface area (Å²) in [6.07, 6.45) is 1.15. The lowest BCUT2D eigenvalue weighted by Crippen LogP contribution is -2.15. The largest absolute Gasteiger partial charge is 0.325 e. The Morgan fingerprint density at radius 1 is 1.20 bits per heavy atom. The number of rotatable bonds is 4. The first-order valence-electron chi connectivity index (χ1n) is 7.44. The summed E-state index contributed by atoms with van der Waals surface area (Å²) in [4.78, 5) is 16.9. The molecule has 0 radical (unpaired) electrons. The molecule has 2 aromatic rings. The van der Waals surface area contributed by atoms with Crippen LogP contribution in [0, 0.1) is 0 Å². The number of para-hydroxylation sites is 1. The Kier molecular flexibility index (Phi) is 5.51. The second-order valence-corrected chi connectivity index (χ2v) is 9.63. The summed E-state index contributed by atoms with van der Waals surface area (Å²) in [6.45, 7) is 0. The van der Waals surface area contributed by atoms with Crippen LogP contribution in [0.15, 0.2) is 58.4 Å². The number of fused-ring (bicyclic) bond motifs is 1. The second-order valence-electron chi connectivity index (χ2n) is 5.43. The summed E-state index contributed by atoms with van der Waals surface area (Å²) in [5.74, 6) is 0.956. The van der Waals surface area contributed by atoms with Crippen LogP contribution in [0.25, 0.3) is 0 Å². The molecule has 1 N–H and O–H groups in total. The number of hydrogen-bond donors (Lipinski definition) is 1. The first-order valence-corrected chi connectivity index (χ1v) is 11.3. The number of anilines is 1. The van der Waals surface area contributed by atoms with Crippen LogP contribution in [0.5, 0.6) is 0 Å². The van der Waals surface area contributed by atoms with Crippen LogP contribution in [-0.2, 0) is 20.4 Å². The van der Waals surface area contributed by atoms with Gasteiger partial charge in [0.15, 0.2) is 9.84 Å². The Morgan fingerprint density at radius 3 is 2.64 bits per heavy atom. The summed E-state index contributed by atoms with van der Waals surface area (Å²) >= 11 is 3.03. The minimum Gasteiger partial charge on any atom is -0.325 e. The van der Waals surface area contributed by atoms with E-state index in [0.29, 0.717) is 5.69 Å². The van der Waals surface area contributed by atoms with Crippen LogP contribution in [0.2, 0.25) is 0 Å². The monoisotopic (exact) mass is 392 g/mol. The molecule has 130 valence electrons. The first kappa shape index (κ1) is 18.0. The van der Waals surface area contributed by atoms with Gasteiger partial charge in [-0.25, -0.2) is 13.4 Å². The van der Waals surface area contributed by atoms with E-state index in [9.17, 15) is 13.2 Å². The van der Waals surface area contributed by atoms with Gasteiger partial charge in [0.1, 0.15) is 4.38 Å². The zero-order valence-electron chi connectivity index (χ0n) is 13.4. The molecule has 0 aromatic heterocycles. The normalized spacial score (nSPS) is 13.7. The summed E-state index contributed by atoms with van der Waals surface area (Å²) in [5.41, 5.74) is 2.73. The summed E-state index contributed by atoms with van der Waals surface area (Å²) in [5, 5.41) is 2.76. The highest BCUT2D eigenvalue weighted by Crippen LogP contribution is 2.34. The highest BCUT2D eigenvalue weighted by atomic mass is 32.2. The number of thioether (sulfide) groups is 2. The molecule has 1 aliphatic heterocycles. The first-order chi connectivity index (χ1) is 11.9. The highest BCUT2D eigenvalue weighted by molar-refractivity contribution is 8.38. The smallest absolute Gasteiger partial charge is 0.234 e. The Balaban J connectivity index is 1.56. The third-order valence-corrected chi connectivity index (χ3v) is 6.82. The van der Waals surface area contributed by atoms with Gasteiger partial charge < -0.3 is 5.32 Å². The van der Waals surface area contributed by atoms with Gasteiger partial charge in [-0.2, -0.15) is 0 Å². The standard InChI is InChI=1S/C17H16N2O3S3/c1-25(21,22)14-8-6-13(7-9-14)18-16(20)11-24-17-19-15-5-3-2-4-12(15)10-23-17/h2-9H,10-11H2,1H3,(H,18,20). The van der Waals surface area contributed by atoms with E-state index >= 15 is 0 Å². The lowest BCUT2D eigenvalue weighted by atomic mass is 10.2. The van der Waals surface area contributed by atoms with E-state index in [4.69, 9.17) is 0 Å². The van der Waals surface area contributed by atoms with Crippen molar-refractivity contribution in [3.63, 3.8) is 0 Å². The quantitative estimate of drug-likeness (QED) is 0.859. The number of nitrogens with zero attached hydrogens (tertiary/aromatic N) is 1. The molecular weight excluding hydrogens is 376 g/mol. The summed E-state index contributed by atoms with van der Waals surface area (Å²) in [6, 6.07) is 14.1. The average molecular weight is 393 g/mol. The van der Waals surface area contributed by atoms with E-state index < -0.39 is 9.84 Å². The van der Waals surface area contributed by atoms with Gasteiger partial charge in [-0.3, -0.25) is 4.79 Å². The van der Waals surface area contributed by atoms with E-state index in [1.165, 1.54) is 29.5 Å². The van der Waals surface area contributed by atoms with Crippen molar-refractivity contribution in [2.24, 2.45) is 4.99 Å². The summed E-state index contributed by atoms with van der Waals surface area (Å²) in [7, 11) is -3.23. The predicted molar refractivity (Wildman–Crippen MR) is 105 cm³/mol. The van der Waals surface area contributed by atoms with Crippen molar-refractivity contribution in [1.29, 1.82) is 0 Å². The number of carbonyl (C=O) groups excluding carboxylic acids is 1. The number of hydrogen-bond acceptors (Lipinski definition) is 6. The molecule has 0 spiro atoms. The van der Waals surface area contributed by atoms with Crippen molar-refractivity contribution >= 4 is 55.0 Å². The SMILES string of the molecule is CS(=O)(=O)c1ccc(NC(=O)CSC2=Nc3ccccc3CS2)cc1. The molecule has 0 saturated heterocycles. The number of benzene rings is 2. The molecule has 0 saturated carbocycles. The van der Waals surface area contributed by atoms with Crippen LogP contribution < -0.4 is 5.32 Å². The van der Waals surface area contributed by atoms with Crippen molar-refractivity contribution < 1.29 is 13.2 Å². The van der Waals surface area contributed by atoms with Crippen molar-refractivity contribution in [2.45, 2.75) is 10.6 Å². The highest BCUT2D eigenvalue weighted by Gasteiger charge is 2.14. The molecule has 5 nitrogen and oxygen atoms in total. The van der Waals surface area contributed by atoms with Crippen molar-refractivity contribution in [3.8, 4) is 0 Å². The fraction of sp³-hybridized carbons (Fsp3) is 0.176. The minimum atomic E-state index is -3.23. The Labute approximate surface area is 155 Å². The summed E-state index contributed by atoms with van der Waals surface area (Å²) < 4.78 is 23.7. The second kappa shape index (κ2) is 7.63. The van der Waals surface area contributed by atoms with E-state index in [1.807, 2.05) is 18.2 Å². The molecule has 0 unspecified atom stereocenters. The van der Waals surface area contributed by atoms with Crippen LogP contribution in [0.3, 0.4) is 0 Å². The molecule has 1 aliphatic rings. The van der Waals surface area contributed by atoms with Gasteiger partial charge in [0, 0.05) is 17.7 Å². The molecule has 1 heterocycles. The van der Waals surface area contributed by atoms with Gasteiger partial charge in [0.05, 0.1) is 16.3 Å².